The van der Waals surface area contributed by atoms with Crippen molar-refractivity contribution < 1.29 is 9.53 Å². The molecule has 0 unspecified atom stereocenters. The van der Waals surface area contributed by atoms with Crippen LogP contribution in [0.25, 0.3) is 0 Å². The molecule has 0 fully saturated rings. The Hall–Kier alpha value is -0.222. The molecule has 0 aliphatic carbocycles. The van der Waals surface area contributed by atoms with Gasteiger partial charge in [-0.05, 0) is 4.93 Å². The number of rotatable bonds is 2. The zero-order valence-electron chi connectivity index (χ0n) is 9.95. The van der Waals surface area contributed by atoms with E-state index in [9.17, 15) is 4.79 Å². The van der Waals surface area contributed by atoms with Crippen molar-refractivity contribution in [2.75, 3.05) is 12.0 Å². The monoisotopic (exact) mass is 397 g/mol. The summed E-state index contributed by atoms with van der Waals surface area (Å²) in [6, 6.07) is 7.71. The summed E-state index contributed by atoms with van der Waals surface area (Å²) < 4.78 is 6.33. The molecular formula is C11H17AsINO2. The topological polar surface area (TPSA) is 38.3 Å². The first-order valence-electron chi connectivity index (χ1n) is 4.69. The molecule has 0 aromatic heterocycles. The quantitative estimate of drug-likeness (QED) is 0.473. The number of carbonyl (C=O) groups is 1. The molecule has 3 nitrogen and oxygen atoms in total. The zero-order chi connectivity index (χ0) is 12.6. The van der Waals surface area contributed by atoms with Crippen LogP contribution in [0.3, 0.4) is 0 Å². The Kier molecular flexibility index (Phi) is 8.75. The molecule has 0 aliphatic heterocycles. The predicted molar refractivity (Wildman–Crippen MR) is 78.6 cm³/mol. The molecule has 1 aromatic rings. The van der Waals surface area contributed by atoms with E-state index in [2.05, 4.69) is 39.3 Å². The number of benzene rings is 1. The number of ether oxygens (including phenoxy) is 1. The summed E-state index contributed by atoms with van der Waals surface area (Å²) in [4.78, 5) is 13.0. The van der Waals surface area contributed by atoms with Gasteiger partial charge in [0.2, 0.25) is 0 Å². The van der Waals surface area contributed by atoms with Crippen LogP contribution in [-0.4, -0.2) is 32.7 Å². The first kappa shape index (κ1) is 15.8. The number of halogens is 1. The van der Waals surface area contributed by atoms with E-state index in [4.69, 9.17) is 4.74 Å². The molecule has 1 N–H and O–H groups in total. The number of nitrogens with one attached hydrogen (secondary N) is 1. The van der Waals surface area contributed by atoms with E-state index < -0.39 is 20.7 Å². The molecular weight excluding hydrogens is 380 g/mol. The predicted octanol–water partition coefficient (Wildman–Crippen LogP) is 2.42. The van der Waals surface area contributed by atoms with Gasteiger partial charge in [-0.1, -0.05) is 22.6 Å². The van der Waals surface area contributed by atoms with Crippen molar-refractivity contribution in [3.63, 3.8) is 0 Å². The van der Waals surface area contributed by atoms with E-state index in [1.54, 1.807) is 7.05 Å². The van der Waals surface area contributed by atoms with Crippen LogP contribution in [0.2, 0.25) is 11.4 Å². The van der Waals surface area contributed by atoms with Crippen LogP contribution in [0.1, 0.15) is 0 Å². The molecule has 0 atom stereocenters. The number of hydrogen-bond donors (Lipinski definition) is 1. The van der Waals surface area contributed by atoms with Crippen molar-refractivity contribution in [2.45, 2.75) is 11.4 Å². The maximum atomic E-state index is 11.0. The fourth-order valence-electron chi connectivity index (χ4n) is 1.06. The first-order valence-corrected chi connectivity index (χ1v) is 11.5. The number of carbonyl (C=O) groups excluding carboxylic acids is 1. The van der Waals surface area contributed by atoms with Gasteiger partial charge in [-0.3, -0.25) is 0 Å². The minimum atomic E-state index is -1.01. The van der Waals surface area contributed by atoms with Gasteiger partial charge in [-0.15, -0.1) is 0 Å². The second kappa shape index (κ2) is 8.88. The van der Waals surface area contributed by atoms with Crippen LogP contribution >= 0.6 is 22.6 Å². The van der Waals surface area contributed by atoms with Crippen LogP contribution in [0.15, 0.2) is 24.3 Å². The summed E-state index contributed by atoms with van der Waals surface area (Å²) in [5, 5.41) is 2.43. The molecule has 16 heavy (non-hydrogen) atoms. The summed E-state index contributed by atoms with van der Waals surface area (Å²) in [6.07, 6.45) is -0.409. The van der Waals surface area contributed by atoms with Crippen LogP contribution in [0.4, 0.5) is 4.79 Å². The second-order valence-electron chi connectivity index (χ2n) is 3.00. The van der Waals surface area contributed by atoms with E-state index in [0.717, 1.165) is 0 Å². The van der Waals surface area contributed by atoms with Crippen molar-refractivity contribution in [3.05, 3.63) is 24.3 Å². The van der Waals surface area contributed by atoms with Crippen molar-refractivity contribution >= 4 is 47.7 Å². The number of para-hydroxylation sites is 1. The standard InChI is InChI=1S/C10H14AsNO2.CH3I/c1-11(2)8-6-4-5-7-9(8)14-10(13)12-3;1-2/h4-7H,1-3H3,(H,12,13);1H3. The van der Waals surface area contributed by atoms with Gasteiger partial charge >= 0.3 is 88.4 Å². The summed E-state index contributed by atoms with van der Waals surface area (Å²) in [5.74, 6) is 0.692. The molecule has 0 bridgehead atoms. The summed E-state index contributed by atoms with van der Waals surface area (Å²) in [5.41, 5.74) is 4.41. The van der Waals surface area contributed by atoms with Gasteiger partial charge in [0.1, 0.15) is 0 Å². The molecule has 0 heterocycles. The van der Waals surface area contributed by atoms with Gasteiger partial charge < -0.3 is 0 Å². The van der Waals surface area contributed by atoms with Crippen molar-refractivity contribution in [1.29, 1.82) is 0 Å². The normalized spacial score (nSPS) is 9.12. The third-order valence-corrected chi connectivity index (χ3v) is 4.55. The third-order valence-electron chi connectivity index (χ3n) is 1.75. The van der Waals surface area contributed by atoms with Gasteiger partial charge in [0.05, 0.1) is 0 Å². The molecule has 5 heteroatoms. The molecule has 0 aliphatic rings. The molecule has 0 radical (unpaired) electrons. The van der Waals surface area contributed by atoms with Gasteiger partial charge in [0, 0.05) is 0 Å². The fourth-order valence-corrected chi connectivity index (χ4v) is 3.05. The van der Waals surface area contributed by atoms with E-state index in [1.165, 1.54) is 4.35 Å². The van der Waals surface area contributed by atoms with Gasteiger partial charge in [-0.2, -0.15) is 0 Å². The number of hydrogen-bond acceptors (Lipinski definition) is 2. The van der Waals surface area contributed by atoms with Gasteiger partial charge in [0.15, 0.2) is 0 Å². The average molecular weight is 397 g/mol. The Morgan fingerprint density at radius 1 is 1.31 bits per heavy atom. The van der Waals surface area contributed by atoms with E-state index >= 15 is 0 Å². The molecule has 0 saturated heterocycles. The molecule has 0 spiro atoms. The fraction of sp³-hybridized carbons (Fsp3) is 0.364. The molecule has 1 amide bonds. The Balaban J connectivity index is 0.00000106. The molecule has 1 rings (SSSR count). The Labute approximate surface area is 115 Å². The third kappa shape index (κ3) is 5.21. The van der Waals surface area contributed by atoms with Crippen LogP contribution < -0.4 is 14.4 Å². The van der Waals surface area contributed by atoms with E-state index in [-0.39, 0.29) is 0 Å². The Morgan fingerprint density at radius 3 is 2.38 bits per heavy atom. The SMILES string of the molecule is CI.CNC(=O)Oc1ccccc1[As](C)C. The molecule has 90 valence electrons. The number of alkyl halides is 1. The van der Waals surface area contributed by atoms with Crippen LogP contribution in [0.5, 0.6) is 5.75 Å². The van der Waals surface area contributed by atoms with E-state index in [0.29, 0.717) is 5.75 Å². The first-order chi connectivity index (χ1) is 7.65. The number of amides is 1. The Bertz CT molecular complexity index is 332. The van der Waals surface area contributed by atoms with Gasteiger partial charge in [-0.25, -0.2) is 0 Å². The van der Waals surface area contributed by atoms with Gasteiger partial charge in [0.25, 0.3) is 0 Å². The zero-order valence-corrected chi connectivity index (χ0v) is 14.0. The second-order valence-corrected chi connectivity index (χ2v) is 7.77. The molecule has 1 aromatic carbocycles. The van der Waals surface area contributed by atoms with Crippen LogP contribution in [-0.2, 0) is 0 Å². The van der Waals surface area contributed by atoms with E-state index in [1.807, 2.05) is 29.2 Å². The summed E-state index contributed by atoms with van der Waals surface area (Å²) in [7, 11) is 1.55. The van der Waals surface area contributed by atoms with Crippen molar-refractivity contribution in [2.24, 2.45) is 0 Å². The minimum absolute atomic E-state index is 0.409. The summed E-state index contributed by atoms with van der Waals surface area (Å²) >= 11 is 1.14. The maximum absolute atomic E-state index is 11.0. The van der Waals surface area contributed by atoms with Crippen LogP contribution in [0, 0.1) is 0 Å². The van der Waals surface area contributed by atoms with Crippen molar-refractivity contribution in [3.8, 4) is 5.75 Å². The average Bonchev–Trinajstić information content (AvgIpc) is 2.32. The summed E-state index contributed by atoms with van der Waals surface area (Å²) in [6.45, 7) is 0. The molecule has 0 saturated carbocycles. The Morgan fingerprint density at radius 2 is 1.88 bits per heavy atom. The van der Waals surface area contributed by atoms with Crippen molar-refractivity contribution in [1.82, 2.24) is 5.32 Å².